The van der Waals surface area contributed by atoms with Crippen LogP contribution in [-0.4, -0.2) is 11.4 Å². The summed E-state index contributed by atoms with van der Waals surface area (Å²) < 4.78 is 13.2. The molecule has 2 heterocycles. The van der Waals surface area contributed by atoms with Gasteiger partial charge in [0.1, 0.15) is 0 Å². The van der Waals surface area contributed by atoms with Crippen molar-refractivity contribution in [3.63, 3.8) is 0 Å². The van der Waals surface area contributed by atoms with Crippen molar-refractivity contribution in [3.8, 4) is 11.5 Å². The molecule has 1 atom stereocenters. The van der Waals surface area contributed by atoms with Gasteiger partial charge in [-0.1, -0.05) is 38.0 Å². The Balaban J connectivity index is 1.71. The molecule has 0 aliphatic carbocycles. The van der Waals surface area contributed by atoms with Crippen LogP contribution in [0.3, 0.4) is 0 Å². The van der Waals surface area contributed by atoms with Crippen LogP contribution in [-0.2, 0) is 13.5 Å². The summed E-state index contributed by atoms with van der Waals surface area (Å²) in [5.41, 5.74) is 3.39. The Morgan fingerprint density at radius 3 is 2.74 bits per heavy atom. The van der Waals surface area contributed by atoms with Crippen LogP contribution in [0.5, 0.6) is 11.5 Å². The lowest BCUT2D eigenvalue weighted by atomic mass is 9.88. The van der Waals surface area contributed by atoms with Gasteiger partial charge in [-0.25, -0.2) is 0 Å². The van der Waals surface area contributed by atoms with Gasteiger partial charge in [0.05, 0.1) is 5.52 Å². The van der Waals surface area contributed by atoms with Crippen LogP contribution >= 0.6 is 0 Å². The van der Waals surface area contributed by atoms with Crippen molar-refractivity contribution >= 4 is 10.9 Å². The van der Waals surface area contributed by atoms with Crippen molar-refractivity contribution in [2.45, 2.75) is 38.5 Å². The second kappa shape index (κ2) is 7.47. The summed E-state index contributed by atoms with van der Waals surface area (Å²) in [7, 11) is 2.05. The van der Waals surface area contributed by atoms with Crippen LogP contribution < -0.4 is 14.9 Å². The number of ether oxygens (including phenoxy) is 2. The summed E-state index contributed by atoms with van der Waals surface area (Å²) in [4.78, 5) is 12.6. The number of hydrogen-bond donors (Lipinski definition) is 0. The van der Waals surface area contributed by atoms with Gasteiger partial charge in [-0.3, -0.25) is 4.79 Å². The molecule has 1 unspecified atom stereocenters. The fourth-order valence-electron chi connectivity index (χ4n) is 3.91. The third-order valence-corrected chi connectivity index (χ3v) is 5.49. The Labute approximate surface area is 159 Å². The van der Waals surface area contributed by atoms with E-state index in [9.17, 15) is 4.79 Å². The number of aryl methyl sites for hydroxylation is 1. The van der Waals surface area contributed by atoms with E-state index in [0.29, 0.717) is 5.92 Å². The minimum Gasteiger partial charge on any atom is -0.454 e. The fraction of sp³-hybridized carbons (Fsp3) is 0.348. The molecule has 0 N–H and O–H groups in total. The van der Waals surface area contributed by atoms with E-state index in [-0.39, 0.29) is 12.2 Å². The Morgan fingerprint density at radius 2 is 1.89 bits per heavy atom. The number of pyridine rings is 1. The molecule has 4 nitrogen and oxygen atoms in total. The van der Waals surface area contributed by atoms with Crippen molar-refractivity contribution < 1.29 is 9.47 Å². The van der Waals surface area contributed by atoms with Crippen LogP contribution in [0.15, 0.2) is 53.3 Å². The molecule has 4 heteroatoms. The summed E-state index contributed by atoms with van der Waals surface area (Å²) in [5.74, 6) is 1.97. The van der Waals surface area contributed by atoms with E-state index in [1.165, 1.54) is 5.56 Å². The number of nitrogens with zero attached hydrogens (tertiary/aromatic N) is 1. The zero-order valence-corrected chi connectivity index (χ0v) is 15.9. The van der Waals surface area contributed by atoms with Crippen molar-refractivity contribution in [3.05, 3.63) is 70.0 Å². The van der Waals surface area contributed by atoms with Crippen LogP contribution in [0.2, 0.25) is 0 Å². The molecule has 0 saturated carbocycles. The highest BCUT2D eigenvalue weighted by molar-refractivity contribution is 5.79. The molecule has 0 amide bonds. The predicted molar refractivity (Wildman–Crippen MR) is 108 cm³/mol. The summed E-state index contributed by atoms with van der Waals surface area (Å²) in [6.45, 7) is 2.50. The molecular weight excluding hydrogens is 338 g/mol. The van der Waals surface area contributed by atoms with Crippen LogP contribution in [0, 0.1) is 0 Å². The summed E-state index contributed by atoms with van der Waals surface area (Å²) in [6, 6.07) is 15.8. The minimum atomic E-state index is 0.0960. The molecule has 0 fully saturated rings. The van der Waals surface area contributed by atoms with E-state index in [2.05, 4.69) is 23.6 Å². The molecule has 140 valence electrons. The second-order valence-electron chi connectivity index (χ2n) is 7.23. The molecule has 0 saturated heterocycles. The van der Waals surface area contributed by atoms with E-state index in [4.69, 9.17) is 9.47 Å². The molecule has 1 aliphatic heterocycles. The van der Waals surface area contributed by atoms with E-state index in [0.717, 1.165) is 53.8 Å². The lowest BCUT2D eigenvalue weighted by molar-refractivity contribution is 0.174. The smallest absolute Gasteiger partial charge is 0.231 e. The van der Waals surface area contributed by atoms with Gasteiger partial charge in [0.25, 0.3) is 0 Å². The van der Waals surface area contributed by atoms with Crippen molar-refractivity contribution in [2.24, 2.45) is 7.05 Å². The molecule has 3 aromatic rings. The second-order valence-corrected chi connectivity index (χ2v) is 7.23. The van der Waals surface area contributed by atoms with Crippen molar-refractivity contribution in [1.82, 2.24) is 4.57 Å². The Bertz CT molecular complexity index is 1020. The normalized spacial score (nSPS) is 13.9. The first kappa shape index (κ1) is 17.7. The molecule has 2 aromatic carbocycles. The maximum Gasteiger partial charge on any atom is 0.231 e. The number of fused-ring (bicyclic) bond motifs is 2. The number of hydrogen-bond acceptors (Lipinski definition) is 3. The Hall–Kier alpha value is -2.75. The zero-order chi connectivity index (χ0) is 18.8. The van der Waals surface area contributed by atoms with E-state index in [1.54, 1.807) is 6.07 Å². The van der Waals surface area contributed by atoms with Gasteiger partial charge in [0.2, 0.25) is 6.79 Å². The largest absolute Gasteiger partial charge is 0.454 e. The average molecular weight is 363 g/mol. The zero-order valence-electron chi connectivity index (χ0n) is 15.9. The highest BCUT2D eigenvalue weighted by Crippen LogP contribution is 2.37. The third-order valence-electron chi connectivity index (χ3n) is 5.49. The number of rotatable bonds is 6. The van der Waals surface area contributed by atoms with Gasteiger partial charge < -0.3 is 14.0 Å². The first-order valence-corrected chi connectivity index (χ1v) is 9.64. The van der Waals surface area contributed by atoms with Crippen molar-refractivity contribution in [2.75, 3.05) is 6.79 Å². The quantitative estimate of drug-likeness (QED) is 0.632. The van der Waals surface area contributed by atoms with E-state index >= 15 is 0 Å². The maximum atomic E-state index is 12.6. The first-order valence-electron chi connectivity index (χ1n) is 9.64. The predicted octanol–water partition coefficient (Wildman–Crippen LogP) is 4.78. The van der Waals surface area contributed by atoms with E-state index < -0.39 is 0 Å². The number of para-hydroxylation sites is 1. The molecular formula is C23H25NO3. The summed E-state index contributed by atoms with van der Waals surface area (Å²) >= 11 is 0. The summed E-state index contributed by atoms with van der Waals surface area (Å²) in [5, 5.41) is 0.775. The van der Waals surface area contributed by atoms with Gasteiger partial charge in [-0.2, -0.15) is 0 Å². The molecule has 0 bridgehead atoms. The average Bonchev–Trinajstić information content (AvgIpc) is 3.16. The van der Waals surface area contributed by atoms with Gasteiger partial charge in [0.15, 0.2) is 16.9 Å². The third kappa shape index (κ3) is 3.44. The first-order chi connectivity index (χ1) is 13.2. The fourth-order valence-corrected chi connectivity index (χ4v) is 3.91. The molecule has 4 rings (SSSR count). The van der Waals surface area contributed by atoms with Gasteiger partial charge in [-0.15, -0.1) is 0 Å². The van der Waals surface area contributed by atoms with Crippen molar-refractivity contribution in [1.29, 1.82) is 0 Å². The number of unbranched alkanes of at least 4 members (excludes halogenated alkanes) is 1. The molecule has 0 radical (unpaired) electrons. The lowest BCUT2D eigenvalue weighted by Crippen LogP contribution is -2.15. The molecule has 27 heavy (non-hydrogen) atoms. The van der Waals surface area contributed by atoms with Gasteiger partial charge >= 0.3 is 0 Å². The monoisotopic (exact) mass is 363 g/mol. The van der Waals surface area contributed by atoms with Crippen LogP contribution in [0.25, 0.3) is 10.9 Å². The number of aromatic nitrogens is 1. The standard InChI is InChI=1S/C23H25NO3/c1-3-4-7-16(17-10-11-22-23(13-17)27-15-26-22)12-18-14-21(25)19-8-5-6-9-20(19)24(18)2/h5-6,8-11,13-14,16H,3-4,7,12,15H2,1-2H3. The van der Waals surface area contributed by atoms with Gasteiger partial charge in [0, 0.05) is 24.2 Å². The Kier molecular flexibility index (Phi) is 4.88. The SMILES string of the molecule is CCCCC(Cc1cc(=O)c2ccccc2n1C)c1ccc2c(c1)OCO2. The number of benzene rings is 2. The van der Waals surface area contributed by atoms with E-state index in [1.807, 2.05) is 37.4 Å². The topological polar surface area (TPSA) is 40.5 Å². The van der Waals surface area contributed by atoms with Gasteiger partial charge in [-0.05, 0) is 48.6 Å². The lowest BCUT2D eigenvalue weighted by Gasteiger charge is -2.20. The Morgan fingerprint density at radius 1 is 1.07 bits per heavy atom. The highest BCUT2D eigenvalue weighted by Gasteiger charge is 2.19. The van der Waals surface area contributed by atoms with Crippen LogP contribution in [0.4, 0.5) is 0 Å². The summed E-state index contributed by atoms with van der Waals surface area (Å²) in [6.07, 6.45) is 4.21. The molecule has 1 aromatic heterocycles. The minimum absolute atomic E-state index is 0.0960. The maximum absolute atomic E-state index is 12.6. The highest BCUT2D eigenvalue weighted by atomic mass is 16.7. The molecule has 0 spiro atoms. The van der Waals surface area contributed by atoms with Crippen LogP contribution in [0.1, 0.15) is 43.4 Å². The molecule has 1 aliphatic rings.